The van der Waals surface area contributed by atoms with Gasteiger partial charge >= 0.3 is 0 Å². The molecule has 0 saturated heterocycles. The summed E-state index contributed by atoms with van der Waals surface area (Å²) in [6.45, 7) is 3.20. The second kappa shape index (κ2) is 8.54. The first-order valence-electron chi connectivity index (χ1n) is 7.03. The Balaban J connectivity index is 1.84. The van der Waals surface area contributed by atoms with Gasteiger partial charge in [0.2, 0.25) is 0 Å². The summed E-state index contributed by atoms with van der Waals surface area (Å²) in [5.41, 5.74) is 1.11. The van der Waals surface area contributed by atoms with E-state index in [1.165, 1.54) is 17.9 Å². The van der Waals surface area contributed by atoms with Gasteiger partial charge in [0.15, 0.2) is 0 Å². The number of hydrogen-bond donors (Lipinski definition) is 1. The Bertz CT molecular complexity index is 501. The molecule has 0 saturated carbocycles. The van der Waals surface area contributed by atoms with Crippen LogP contribution in [0.3, 0.4) is 0 Å². The number of rotatable bonds is 8. The molecule has 0 atom stereocenters. The van der Waals surface area contributed by atoms with Gasteiger partial charge in [-0.2, -0.15) is 11.8 Å². The van der Waals surface area contributed by atoms with Crippen LogP contribution >= 0.6 is 11.8 Å². The van der Waals surface area contributed by atoms with Gasteiger partial charge in [-0.3, -0.25) is 0 Å². The summed E-state index contributed by atoms with van der Waals surface area (Å²) in [5.74, 6) is 4.14. The zero-order valence-electron chi connectivity index (χ0n) is 11.8. The average Bonchev–Trinajstić information content (AvgIpc) is 2.48. The molecule has 0 spiro atoms. The zero-order chi connectivity index (χ0) is 14.0. The molecule has 0 unspecified atom stereocenters. The molecule has 0 aliphatic rings. The lowest BCUT2D eigenvalue weighted by Gasteiger charge is -2.09. The fourth-order valence-corrected chi connectivity index (χ4v) is 2.48. The number of para-hydroxylation sites is 1. The lowest BCUT2D eigenvalue weighted by Crippen LogP contribution is -2.02. The number of thioether (sulfide) groups is 1. The van der Waals surface area contributed by atoms with Crippen LogP contribution in [0.25, 0.3) is 0 Å². The molecule has 2 aromatic carbocycles. The molecular formula is C17H21NOS. The highest BCUT2D eigenvalue weighted by Crippen LogP contribution is 2.23. The minimum absolute atomic E-state index is 0.865. The van der Waals surface area contributed by atoms with Crippen LogP contribution in [0.4, 0.5) is 5.69 Å². The molecule has 0 fully saturated rings. The van der Waals surface area contributed by atoms with Gasteiger partial charge in [0.05, 0.1) is 0 Å². The summed E-state index contributed by atoms with van der Waals surface area (Å²) in [6.07, 6.45) is 1.18. The van der Waals surface area contributed by atoms with Gasteiger partial charge in [-0.25, -0.2) is 0 Å². The SMILES string of the molecule is CCSCCCNc1cccc(Oc2ccccc2)c1. The van der Waals surface area contributed by atoms with E-state index in [0.29, 0.717) is 0 Å². The molecule has 0 aliphatic carbocycles. The number of anilines is 1. The first kappa shape index (κ1) is 14.8. The molecule has 0 aliphatic heterocycles. The van der Waals surface area contributed by atoms with Crippen LogP contribution < -0.4 is 10.1 Å². The maximum Gasteiger partial charge on any atom is 0.129 e. The van der Waals surface area contributed by atoms with Crippen molar-refractivity contribution >= 4 is 17.4 Å². The van der Waals surface area contributed by atoms with E-state index in [1.54, 1.807) is 0 Å². The Kier molecular flexibility index (Phi) is 6.32. The number of ether oxygens (including phenoxy) is 1. The number of benzene rings is 2. The lowest BCUT2D eigenvalue weighted by molar-refractivity contribution is 0.483. The predicted molar refractivity (Wildman–Crippen MR) is 89.1 cm³/mol. The average molecular weight is 287 g/mol. The van der Waals surface area contributed by atoms with Crippen molar-refractivity contribution in [3.05, 3.63) is 54.6 Å². The van der Waals surface area contributed by atoms with Crippen molar-refractivity contribution in [3.63, 3.8) is 0 Å². The minimum Gasteiger partial charge on any atom is -0.457 e. The number of nitrogens with one attached hydrogen (secondary N) is 1. The molecule has 0 amide bonds. The van der Waals surface area contributed by atoms with E-state index in [4.69, 9.17) is 4.74 Å². The van der Waals surface area contributed by atoms with Crippen LogP contribution in [0, 0.1) is 0 Å². The van der Waals surface area contributed by atoms with Crippen LogP contribution in [0.1, 0.15) is 13.3 Å². The second-order valence-corrected chi connectivity index (χ2v) is 5.81. The molecule has 3 heteroatoms. The third-order valence-electron chi connectivity index (χ3n) is 2.81. The van der Waals surface area contributed by atoms with Crippen molar-refractivity contribution in [3.8, 4) is 11.5 Å². The summed E-state index contributed by atoms with van der Waals surface area (Å²) < 4.78 is 5.82. The summed E-state index contributed by atoms with van der Waals surface area (Å²) in [5, 5.41) is 3.44. The minimum atomic E-state index is 0.865. The second-order valence-electron chi connectivity index (χ2n) is 4.42. The largest absolute Gasteiger partial charge is 0.457 e. The van der Waals surface area contributed by atoms with Gasteiger partial charge < -0.3 is 10.1 Å². The highest BCUT2D eigenvalue weighted by molar-refractivity contribution is 7.99. The third kappa shape index (κ3) is 5.17. The van der Waals surface area contributed by atoms with E-state index in [-0.39, 0.29) is 0 Å². The normalized spacial score (nSPS) is 10.2. The number of hydrogen-bond acceptors (Lipinski definition) is 3. The van der Waals surface area contributed by atoms with Crippen molar-refractivity contribution in [2.45, 2.75) is 13.3 Å². The summed E-state index contributed by atoms with van der Waals surface area (Å²) >= 11 is 1.98. The van der Waals surface area contributed by atoms with Gasteiger partial charge in [0.25, 0.3) is 0 Å². The Labute approximate surface area is 125 Å². The molecular weight excluding hydrogens is 266 g/mol. The first-order valence-corrected chi connectivity index (χ1v) is 8.18. The Hall–Kier alpha value is -1.61. The van der Waals surface area contributed by atoms with E-state index in [2.05, 4.69) is 18.3 Å². The Morgan fingerprint density at radius 1 is 1.00 bits per heavy atom. The third-order valence-corrected chi connectivity index (χ3v) is 3.80. The predicted octanol–water partition coefficient (Wildman–Crippen LogP) is 5.03. The Morgan fingerprint density at radius 3 is 2.60 bits per heavy atom. The van der Waals surface area contributed by atoms with Gasteiger partial charge in [-0.1, -0.05) is 31.2 Å². The molecule has 106 valence electrons. The summed E-state index contributed by atoms with van der Waals surface area (Å²) in [7, 11) is 0. The monoisotopic (exact) mass is 287 g/mol. The van der Waals surface area contributed by atoms with Gasteiger partial charge in [-0.05, 0) is 42.2 Å². The van der Waals surface area contributed by atoms with Crippen molar-refractivity contribution in [2.24, 2.45) is 0 Å². The first-order chi connectivity index (χ1) is 9.88. The van der Waals surface area contributed by atoms with Crippen LogP contribution in [0.2, 0.25) is 0 Å². The Morgan fingerprint density at radius 2 is 1.80 bits per heavy atom. The van der Waals surface area contributed by atoms with E-state index >= 15 is 0 Å². The highest BCUT2D eigenvalue weighted by Gasteiger charge is 1.98. The molecule has 0 aromatic heterocycles. The van der Waals surface area contributed by atoms with Gasteiger partial charge in [0.1, 0.15) is 11.5 Å². The fourth-order valence-electron chi connectivity index (χ4n) is 1.85. The maximum absolute atomic E-state index is 5.82. The molecule has 20 heavy (non-hydrogen) atoms. The van der Waals surface area contributed by atoms with Gasteiger partial charge in [-0.15, -0.1) is 0 Å². The quantitative estimate of drug-likeness (QED) is 0.688. The molecule has 2 aromatic rings. The lowest BCUT2D eigenvalue weighted by atomic mass is 10.3. The zero-order valence-corrected chi connectivity index (χ0v) is 12.7. The standard InChI is InChI=1S/C17H21NOS/c1-2-20-13-7-12-18-15-8-6-11-17(14-15)19-16-9-4-3-5-10-16/h3-6,8-11,14,18H,2,7,12-13H2,1H3. The van der Waals surface area contributed by atoms with Crippen molar-refractivity contribution in [2.75, 3.05) is 23.4 Å². The van der Waals surface area contributed by atoms with Crippen molar-refractivity contribution in [1.29, 1.82) is 0 Å². The highest BCUT2D eigenvalue weighted by atomic mass is 32.2. The van der Waals surface area contributed by atoms with Crippen LogP contribution in [-0.2, 0) is 0 Å². The molecule has 2 rings (SSSR count). The van der Waals surface area contributed by atoms with E-state index in [9.17, 15) is 0 Å². The van der Waals surface area contributed by atoms with Gasteiger partial charge in [0, 0.05) is 18.3 Å². The maximum atomic E-state index is 5.82. The molecule has 0 radical (unpaired) electrons. The summed E-state index contributed by atoms with van der Waals surface area (Å²) in [4.78, 5) is 0. The van der Waals surface area contributed by atoms with Crippen molar-refractivity contribution < 1.29 is 4.74 Å². The summed E-state index contributed by atoms with van der Waals surface area (Å²) in [6, 6.07) is 18.0. The fraction of sp³-hybridized carbons (Fsp3) is 0.294. The molecule has 1 N–H and O–H groups in total. The smallest absolute Gasteiger partial charge is 0.129 e. The van der Waals surface area contributed by atoms with E-state index in [1.807, 2.05) is 60.3 Å². The molecule has 2 nitrogen and oxygen atoms in total. The van der Waals surface area contributed by atoms with E-state index in [0.717, 1.165) is 23.7 Å². The van der Waals surface area contributed by atoms with Crippen LogP contribution in [0.15, 0.2) is 54.6 Å². The van der Waals surface area contributed by atoms with E-state index < -0.39 is 0 Å². The topological polar surface area (TPSA) is 21.3 Å². The van der Waals surface area contributed by atoms with Crippen molar-refractivity contribution in [1.82, 2.24) is 0 Å². The van der Waals surface area contributed by atoms with Crippen LogP contribution in [-0.4, -0.2) is 18.1 Å². The molecule has 0 bridgehead atoms. The molecule has 0 heterocycles. The van der Waals surface area contributed by atoms with Crippen LogP contribution in [0.5, 0.6) is 11.5 Å².